The van der Waals surface area contributed by atoms with Crippen LogP contribution in [0, 0.1) is 11.8 Å². The predicted octanol–water partition coefficient (Wildman–Crippen LogP) is 4.80. The highest BCUT2D eigenvalue weighted by Crippen LogP contribution is 2.53. The van der Waals surface area contributed by atoms with Crippen molar-refractivity contribution in [3.05, 3.63) is 93.3 Å². The molecule has 1 aromatic heterocycles. The summed E-state index contributed by atoms with van der Waals surface area (Å²) in [6.45, 7) is 0. The van der Waals surface area contributed by atoms with Crippen LogP contribution in [0.5, 0.6) is 0 Å². The minimum absolute atomic E-state index is 0.124. The summed E-state index contributed by atoms with van der Waals surface area (Å²) in [7, 11) is 0. The number of Topliss-reactive ketones (excluding diaryl/α,β-unsaturated/α-hetero) is 1. The third kappa shape index (κ3) is 2.66. The Hall–Kier alpha value is -3.22. The minimum Gasteiger partial charge on any atom is -0.358 e. The Morgan fingerprint density at radius 2 is 1.66 bits per heavy atom. The highest BCUT2D eigenvalue weighted by molar-refractivity contribution is 7.12. The molecule has 6 rings (SSSR count). The quantitative estimate of drug-likeness (QED) is 0.416. The maximum atomic E-state index is 13.7. The minimum atomic E-state index is -0.756. The van der Waals surface area contributed by atoms with Crippen LogP contribution >= 0.6 is 22.9 Å². The topological polar surface area (TPSA) is 57.7 Å². The van der Waals surface area contributed by atoms with E-state index >= 15 is 0 Å². The molecule has 0 spiro atoms. The maximum Gasteiger partial charge on any atom is 0.240 e. The van der Waals surface area contributed by atoms with Gasteiger partial charge in [0.1, 0.15) is 6.04 Å². The first-order valence-electron chi connectivity index (χ1n) is 10.3. The number of amides is 2. The lowest BCUT2D eigenvalue weighted by atomic mass is 9.84. The van der Waals surface area contributed by atoms with Gasteiger partial charge >= 0.3 is 0 Å². The van der Waals surface area contributed by atoms with Gasteiger partial charge in [-0.3, -0.25) is 14.4 Å². The van der Waals surface area contributed by atoms with Gasteiger partial charge in [-0.15, -0.1) is 11.3 Å². The van der Waals surface area contributed by atoms with Gasteiger partial charge in [0, 0.05) is 11.2 Å². The van der Waals surface area contributed by atoms with Crippen LogP contribution in [0.25, 0.3) is 6.08 Å². The third-order valence-electron chi connectivity index (χ3n) is 6.58. The van der Waals surface area contributed by atoms with E-state index in [1.807, 2.05) is 52.9 Å². The molecule has 4 atom stereocenters. The van der Waals surface area contributed by atoms with Gasteiger partial charge in [0.2, 0.25) is 11.8 Å². The number of hydrogen-bond acceptors (Lipinski definition) is 5. The van der Waals surface area contributed by atoms with Gasteiger partial charge < -0.3 is 4.90 Å². The average molecular weight is 461 g/mol. The number of ketones is 1. The first-order chi connectivity index (χ1) is 15.6. The molecule has 158 valence electrons. The van der Waals surface area contributed by atoms with E-state index in [-0.39, 0.29) is 23.6 Å². The van der Waals surface area contributed by atoms with Crippen LogP contribution in [-0.2, 0) is 9.59 Å². The summed E-state index contributed by atoms with van der Waals surface area (Å²) < 4.78 is 0. The summed E-state index contributed by atoms with van der Waals surface area (Å²) in [6.07, 6.45) is 3.82. The van der Waals surface area contributed by atoms with Crippen molar-refractivity contribution in [1.82, 2.24) is 4.90 Å². The van der Waals surface area contributed by atoms with Crippen molar-refractivity contribution < 1.29 is 14.4 Å². The van der Waals surface area contributed by atoms with Gasteiger partial charge in [0.25, 0.3) is 0 Å². The van der Waals surface area contributed by atoms with Crippen LogP contribution in [-0.4, -0.2) is 28.5 Å². The van der Waals surface area contributed by atoms with Crippen molar-refractivity contribution >= 4 is 52.3 Å². The number of nitrogens with zero attached hydrogens (tertiary/aromatic N) is 2. The summed E-state index contributed by atoms with van der Waals surface area (Å²) >= 11 is 7.36. The van der Waals surface area contributed by atoms with E-state index < -0.39 is 17.9 Å². The Balaban J connectivity index is 1.50. The zero-order chi connectivity index (χ0) is 22.0. The van der Waals surface area contributed by atoms with E-state index in [0.29, 0.717) is 15.6 Å². The van der Waals surface area contributed by atoms with E-state index in [1.54, 1.807) is 30.3 Å². The molecule has 7 heteroatoms. The molecule has 32 heavy (non-hydrogen) atoms. The fourth-order valence-electron chi connectivity index (χ4n) is 5.27. The molecule has 1 unspecified atom stereocenters. The Kier molecular flexibility index (Phi) is 4.35. The molecule has 4 heterocycles. The molecule has 5 nitrogen and oxygen atoms in total. The number of anilines is 1. The second-order valence-electron chi connectivity index (χ2n) is 8.16. The van der Waals surface area contributed by atoms with Crippen LogP contribution in [0.3, 0.4) is 0 Å². The molecule has 2 aromatic carbocycles. The average Bonchev–Trinajstić information content (AvgIpc) is 3.51. The van der Waals surface area contributed by atoms with Crippen LogP contribution in [0.1, 0.15) is 26.8 Å². The largest absolute Gasteiger partial charge is 0.358 e. The second kappa shape index (κ2) is 7.15. The molecule has 2 fully saturated rings. The van der Waals surface area contributed by atoms with Crippen LogP contribution in [0.4, 0.5) is 5.69 Å². The first kappa shape index (κ1) is 19.5. The molecular formula is C25H17ClN2O3S. The molecule has 2 amide bonds. The lowest BCUT2D eigenvalue weighted by molar-refractivity contribution is -0.123. The maximum absolute atomic E-state index is 13.7. The van der Waals surface area contributed by atoms with Crippen molar-refractivity contribution in [1.29, 1.82) is 0 Å². The molecule has 0 bridgehead atoms. The summed E-state index contributed by atoms with van der Waals surface area (Å²) in [5.74, 6) is -2.13. The zero-order valence-corrected chi connectivity index (χ0v) is 18.3. The van der Waals surface area contributed by atoms with Gasteiger partial charge in [0.05, 0.1) is 28.4 Å². The number of hydrogen-bond donors (Lipinski definition) is 0. The molecule has 0 N–H and O–H groups in total. The zero-order valence-electron chi connectivity index (χ0n) is 16.7. The van der Waals surface area contributed by atoms with Crippen LogP contribution in [0.2, 0.25) is 5.02 Å². The number of benzene rings is 2. The number of thiophene rings is 1. The van der Waals surface area contributed by atoms with E-state index in [0.717, 1.165) is 11.1 Å². The lowest BCUT2D eigenvalue weighted by Crippen LogP contribution is -2.44. The van der Waals surface area contributed by atoms with E-state index in [9.17, 15) is 14.4 Å². The Labute approximate surface area is 193 Å². The molecule has 3 aromatic rings. The number of carbonyl (C=O) groups excluding carboxylic acids is 3. The fourth-order valence-corrected chi connectivity index (χ4v) is 6.09. The van der Waals surface area contributed by atoms with Gasteiger partial charge in [-0.1, -0.05) is 41.9 Å². The predicted molar refractivity (Wildman–Crippen MR) is 123 cm³/mol. The standard InChI is InChI=1S/C25H17ClN2O3S/c26-15-7-9-16(10-8-15)28-24(30)19-20(25(28)31)22(23(29)18-6-3-13-32-18)27-12-11-14-4-1-2-5-17(14)21(19)27/h1-13,19-22H/t19-,20+,21?,22-/m0/s1. The normalized spacial score (nSPS) is 25.7. The number of rotatable bonds is 3. The van der Waals surface area contributed by atoms with Crippen molar-refractivity contribution in [3.8, 4) is 0 Å². The molecule has 2 saturated heterocycles. The number of fused-ring (bicyclic) bond motifs is 5. The van der Waals surface area contributed by atoms with Crippen LogP contribution < -0.4 is 4.90 Å². The third-order valence-corrected chi connectivity index (χ3v) is 7.72. The van der Waals surface area contributed by atoms with Crippen molar-refractivity contribution in [2.24, 2.45) is 11.8 Å². The Bertz CT molecular complexity index is 1280. The molecule has 0 saturated carbocycles. The smallest absolute Gasteiger partial charge is 0.240 e. The highest BCUT2D eigenvalue weighted by Gasteiger charge is 2.64. The van der Waals surface area contributed by atoms with Gasteiger partial charge in [-0.25, -0.2) is 4.90 Å². The molecule has 0 aliphatic carbocycles. The van der Waals surface area contributed by atoms with Crippen molar-refractivity contribution in [2.45, 2.75) is 12.1 Å². The van der Waals surface area contributed by atoms with E-state index in [4.69, 9.17) is 11.6 Å². The first-order valence-corrected chi connectivity index (χ1v) is 11.6. The SMILES string of the molecule is O=C(c1cccs1)[C@@H]1[C@@H]2C(=O)N(c3ccc(Cl)cc3)C(=O)[C@@H]2C2c3ccccc3C=CN21. The Morgan fingerprint density at radius 3 is 2.41 bits per heavy atom. The van der Waals surface area contributed by atoms with E-state index in [1.165, 1.54) is 16.2 Å². The van der Waals surface area contributed by atoms with E-state index in [2.05, 4.69) is 0 Å². The van der Waals surface area contributed by atoms with Gasteiger partial charge in [0.15, 0.2) is 5.78 Å². The van der Waals surface area contributed by atoms with Crippen molar-refractivity contribution in [2.75, 3.05) is 4.90 Å². The highest BCUT2D eigenvalue weighted by atomic mass is 35.5. The summed E-state index contributed by atoms with van der Waals surface area (Å²) in [5.41, 5.74) is 2.44. The van der Waals surface area contributed by atoms with Crippen LogP contribution in [0.15, 0.2) is 72.2 Å². The lowest BCUT2D eigenvalue weighted by Gasteiger charge is -2.35. The molecule has 0 radical (unpaired) electrons. The monoisotopic (exact) mass is 460 g/mol. The fraction of sp³-hybridized carbons (Fsp3) is 0.160. The molecule has 3 aliphatic rings. The summed E-state index contributed by atoms with van der Waals surface area (Å²) in [4.78, 5) is 44.8. The molecule has 3 aliphatic heterocycles. The number of carbonyl (C=O) groups is 3. The summed E-state index contributed by atoms with van der Waals surface area (Å²) in [6, 6.07) is 17.0. The molecular weight excluding hydrogens is 444 g/mol. The van der Waals surface area contributed by atoms with Crippen molar-refractivity contribution in [3.63, 3.8) is 0 Å². The number of imide groups is 1. The summed E-state index contributed by atoms with van der Waals surface area (Å²) in [5, 5.41) is 2.37. The second-order valence-corrected chi connectivity index (χ2v) is 9.55. The van der Waals surface area contributed by atoms with Gasteiger partial charge in [-0.05, 0) is 52.9 Å². The van der Waals surface area contributed by atoms with Gasteiger partial charge in [-0.2, -0.15) is 0 Å². The number of halogens is 1. The Morgan fingerprint density at radius 1 is 0.906 bits per heavy atom.